The number of nitrogens with zero attached hydrogens (tertiary/aromatic N) is 1. The lowest BCUT2D eigenvalue weighted by Gasteiger charge is -2.29. The number of allylic oxidation sites excluding steroid dienone is 1. The molecule has 0 bridgehead atoms. The van der Waals surface area contributed by atoms with Crippen LogP contribution in [0.4, 0.5) is 5.69 Å². The molecule has 1 aliphatic rings. The second-order valence-electron chi connectivity index (χ2n) is 9.44. The molecule has 0 fully saturated rings. The second kappa shape index (κ2) is 14.8. The molecular weight excluding hydrogens is 472 g/mol. The highest BCUT2D eigenvalue weighted by molar-refractivity contribution is 7.82. The summed E-state index contributed by atoms with van der Waals surface area (Å²) in [6.45, 7) is 14.1. The number of hydrogen-bond acceptors (Lipinski definition) is 4. The number of aryl methyl sites for hydroxylation is 2. The fourth-order valence-electron chi connectivity index (χ4n) is 4.68. The number of anilines is 1. The van der Waals surface area contributed by atoms with Crippen molar-refractivity contribution < 1.29 is 18.8 Å². The predicted molar refractivity (Wildman–Crippen MR) is 149 cm³/mol. The van der Waals surface area contributed by atoms with Crippen LogP contribution in [0.2, 0.25) is 0 Å². The van der Waals surface area contributed by atoms with Crippen LogP contribution in [-0.4, -0.2) is 35.0 Å². The van der Waals surface area contributed by atoms with E-state index in [4.69, 9.17) is 19.8 Å². The minimum atomic E-state index is -1.51. The number of aliphatic carboxylic acids is 1. The van der Waals surface area contributed by atoms with Crippen molar-refractivity contribution in [2.45, 2.75) is 70.6 Å². The Hall–Kier alpha value is -2.64. The van der Waals surface area contributed by atoms with E-state index in [1.807, 2.05) is 24.3 Å². The van der Waals surface area contributed by atoms with Gasteiger partial charge in [0, 0.05) is 25.9 Å². The smallest absolute Gasteiger partial charge is 0.300 e. The third-order valence-corrected chi connectivity index (χ3v) is 7.24. The van der Waals surface area contributed by atoms with Gasteiger partial charge in [-0.25, -0.2) is 9.35 Å². The third-order valence-electron chi connectivity index (χ3n) is 6.53. The van der Waals surface area contributed by atoms with Crippen molar-refractivity contribution in [1.29, 1.82) is 0 Å². The standard InChI is InChI=1S/C27H38N2O2S.C2H4O2/c1-5-8-21(7-3)14-15-29-18-23(25-12-10-20(4)16-22(25)9-6-2)19-31-27-13-11-24(32(28)30)17-26(27)29;1-2(3)4/h5,10-13,16-17,21,23H,1,6-9,14-15,18-19,28H2,2-4H3;1H3,(H,3,4). The average molecular weight is 515 g/mol. The molecule has 3 N–H and O–H groups in total. The van der Waals surface area contributed by atoms with Gasteiger partial charge in [-0.1, -0.05) is 56.5 Å². The Kier molecular flexibility index (Phi) is 12.2. The molecule has 0 saturated heterocycles. The average Bonchev–Trinajstić information content (AvgIpc) is 3.01. The van der Waals surface area contributed by atoms with Crippen LogP contribution < -0.4 is 14.8 Å². The first kappa shape index (κ1) is 29.6. The lowest BCUT2D eigenvalue weighted by molar-refractivity contribution is -0.134. The highest BCUT2D eigenvalue weighted by atomic mass is 32.2. The van der Waals surface area contributed by atoms with Gasteiger partial charge in [-0.3, -0.25) is 4.79 Å². The molecule has 1 heterocycles. The first-order chi connectivity index (χ1) is 17.2. The van der Waals surface area contributed by atoms with E-state index >= 15 is 0 Å². The summed E-state index contributed by atoms with van der Waals surface area (Å²) in [5.74, 6) is 0.902. The molecule has 3 atom stereocenters. The number of ether oxygens (including phenoxy) is 1. The maximum Gasteiger partial charge on any atom is 0.300 e. The lowest BCUT2D eigenvalue weighted by atomic mass is 9.90. The van der Waals surface area contributed by atoms with E-state index in [1.54, 1.807) is 0 Å². The Morgan fingerprint density at radius 3 is 2.64 bits per heavy atom. The number of carbonyl (C=O) groups is 1. The van der Waals surface area contributed by atoms with Crippen molar-refractivity contribution in [1.82, 2.24) is 0 Å². The minimum Gasteiger partial charge on any atom is -0.491 e. The van der Waals surface area contributed by atoms with Crippen LogP contribution in [0, 0.1) is 12.8 Å². The Morgan fingerprint density at radius 2 is 2.03 bits per heavy atom. The predicted octanol–water partition coefficient (Wildman–Crippen LogP) is 5.99. The van der Waals surface area contributed by atoms with Gasteiger partial charge in [-0.05, 0) is 61.4 Å². The molecule has 2 aromatic carbocycles. The summed E-state index contributed by atoms with van der Waals surface area (Å²) in [6, 6.07) is 12.5. The Morgan fingerprint density at radius 1 is 1.31 bits per heavy atom. The maximum absolute atomic E-state index is 12.0. The molecule has 0 saturated carbocycles. The normalized spacial score (nSPS) is 16.5. The molecule has 0 spiro atoms. The number of benzene rings is 2. The van der Waals surface area contributed by atoms with Gasteiger partial charge in [0.05, 0.1) is 17.2 Å². The molecule has 0 aliphatic carbocycles. The van der Waals surface area contributed by atoms with E-state index in [-0.39, 0.29) is 5.92 Å². The van der Waals surface area contributed by atoms with Crippen molar-refractivity contribution >= 4 is 22.6 Å². The van der Waals surface area contributed by atoms with Crippen LogP contribution in [-0.2, 0) is 22.2 Å². The summed E-state index contributed by atoms with van der Waals surface area (Å²) in [6.07, 6.45) is 7.48. The summed E-state index contributed by atoms with van der Waals surface area (Å²) in [7, 11) is -1.51. The highest BCUT2D eigenvalue weighted by Gasteiger charge is 2.27. The Balaban J connectivity index is 0.00000106. The summed E-state index contributed by atoms with van der Waals surface area (Å²) < 4.78 is 18.3. The fourth-order valence-corrected chi connectivity index (χ4v) is 5.11. The third kappa shape index (κ3) is 8.79. The lowest BCUT2D eigenvalue weighted by Crippen LogP contribution is -2.31. The molecule has 198 valence electrons. The van der Waals surface area contributed by atoms with Gasteiger partial charge in [0.25, 0.3) is 5.97 Å². The summed E-state index contributed by atoms with van der Waals surface area (Å²) in [5.41, 5.74) is 5.11. The SMILES string of the molecule is C=CCC(CC)CCN1CC(c2ccc(C)cc2CCC)COc2ccc(S(N)=O)cc21.CC(=O)O. The second-order valence-corrected chi connectivity index (χ2v) is 10.5. The molecule has 7 heteroatoms. The molecule has 0 amide bonds. The maximum atomic E-state index is 12.0. The van der Waals surface area contributed by atoms with E-state index in [0.717, 1.165) is 63.6 Å². The van der Waals surface area contributed by atoms with Gasteiger partial charge < -0.3 is 14.7 Å². The molecule has 36 heavy (non-hydrogen) atoms. The quantitative estimate of drug-likeness (QED) is 0.380. The summed E-state index contributed by atoms with van der Waals surface area (Å²) in [4.78, 5) is 12.1. The molecule has 6 nitrogen and oxygen atoms in total. The minimum absolute atomic E-state index is 0.274. The fraction of sp³-hybridized carbons (Fsp3) is 0.483. The van der Waals surface area contributed by atoms with Crippen molar-refractivity contribution in [3.05, 3.63) is 65.7 Å². The number of hydrogen-bond donors (Lipinski definition) is 2. The first-order valence-corrected chi connectivity index (χ1v) is 14.0. The molecule has 2 aromatic rings. The van der Waals surface area contributed by atoms with E-state index in [0.29, 0.717) is 17.4 Å². The van der Waals surface area contributed by atoms with E-state index < -0.39 is 17.0 Å². The number of carboxylic acids is 1. The number of fused-ring (bicyclic) bond motifs is 1. The topological polar surface area (TPSA) is 92.9 Å². The summed E-state index contributed by atoms with van der Waals surface area (Å²) >= 11 is 0. The first-order valence-electron chi connectivity index (χ1n) is 12.8. The van der Waals surface area contributed by atoms with E-state index in [1.165, 1.54) is 16.7 Å². The van der Waals surface area contributed by atoms with Crippen LogP contribution in [0.5, 0.6) is 5.75 Å². The zero-order valence-electron chi connectivity index (χ0n) is 22.2. The van der Waals surface area contributed by atoms with Gasteiger partial charge >= 0.3 is 0 Å². The van der Waals surface area contributed by atoms with Crippen LogP contribution in [0.25, 0.3) is 0 Å². The number of carboxylic acid groups (broad SMARTS) is 1. The van der Waals surface area contributed by atoms with Crippen LogP contribution in [0.1, 0.15) is 69.1 Å². The molecule has 0 radical (unpaired) electrons. The van der Waals surface area contributed by atoms with Crippen LogP contribution >= 0.6 is 0 Å². The van der Waals surface area contributed by atoms with Crippen molar-refractivity contribution in [2.24, 2.45) is 11.1 Å². The van der Waals surface area contributed by atoms with E-state index in [2.05, 4.69) is 50.4 Å². The molecule has 3 rings (SSSR count). The van der Waals surface area contributed by atoms with Crippen molar-refractivity contribution in [2.75, 3.05) is 24.6 Å². The monoisotopic (exact) mass is 514 g/mol. The largest absolute Gasteiger partial charge is 0.491 e. The van der Waals surface area contributed by atoms with E-state index in [9.17, 15) is 4.21 Å². The van der Waals surface area contributed by atoms with Gasteiger partial charge in [-0.2, -0.15) is 0 Å². The zero-order valence-corrected chi connectivity index (χ0v) is 23.0. The molecular formula is C29H42N2O4S. The van der Waals surface area contributed by atoms with Gasteiger partial charge in [0.15, 0.2) is 0 Å². The molecule has 1 aliphatic heterocycles. The highest BCUT2D eigenvalue weighted by Crippen LogP contribution is 2.37. The molecule has 3 unspecified atom stereocenters. The summed E-state index contributed by atoms with van der Waals surface area (Å²) in [5, 5.41) is 13.1. The number of nitrogens with two attached hydrogens (primary N) is 1. The molecule has 0 aromatic heterocycles. The van der Waals surface area contributed by atoms with Gasteiger partial charge in [0.1, 0.15) is 16.7 Å². The van der Waals surface area contributed by atoms with Crippen molar-refractivity contribution in [3.8, 4) is 5.75 Å². The van der Waals surface area contributed by atoms with Gasteiger partial charge in [0.2, 0.25) is 0 Å². The van der Waals surface area contributed by atoms with Gasteiger partial charge in [-0.15, -0.1) is 6.58 Å². The van der Waals surface area contributed by atoms with Crippen LogP contribution in [0.3, 0.4) is 0 Å². The Labute approximate surface area is 219 Å². The zero-order chi connectivity index (χ0) is 26.7. The van der Waals surface area contributed by atoms with Crippen molar-refractivity contribution in [3.63, 3.8) is 0 Å². The van der Waals surface area contributed by atoms with Crippen LogP contribution in [0.15, 0.2) is 53.9 Å². The number of rotatable bonds is 10. The Bertz CT molecular complexity index is 1040.